The maximum absolute atomic E-state index is 14.1. The van der Waals surface area contributed by atoms with Crippen molar-refractivity contribution in [2.45, 2.75) is 108 Å². The Morgan fingerprint density at radius 3 is 2.03 bits per heavy atom. The Hall–Kier alpha value is -7.04. The van der Waals surface area contributed by atoms with E-state index in [9.17, 15) is 72.4 Å². The lowest BCUT2D eigenvalue weighted by Gasteiger charge is -2.33. The lowest BCUT2D eigenvalue weighted by Crippen LogP contribution is -2.52. The number of alkyl halides is 2. The minimum absolute atomic E-state index is 0.0936. The molecule has 3 aromatic rings. The number of aromatic nitrogens is 1. The van der Waals surface area contributed by atoms with E-state index < -0.39 is 85.2 Å². The van der Waals surface area contributed by atoms with Gasteiger partial charge in [0.15, 0.2) is 0 Å². The van der Waals surface area contributed by atoms with Gasteiger partial charge in [0.2, 0.25) is 23.6 Å². The van der Waals surface area contributed by atoms with Crippen LogP contribution in [-0.2, 0) is 44.8 Å². The maximum atomic E-state index is 14.1. The molecule has 2 aromatic carbocycles. The molecule has 1 aromatic heterocycles. The first kappa shape index (κ1) is 79.0. The number of aliphatic hydroxyl groups excluding tert-OH is 1. The summed E-state index contributed by atoms with van der Waals surface area (Å²) in [7, 11) is 1.44. The fourth-order valence-electron chi connectivity index (χ4n) is 11.8. The first-order valence-electron chi connectivity index (χ1n) is 33.0. The Kier molecular flexibility index (Phi) is 33.7. The summed E-state index contributed by atoms with van der Waals surface area (Å²) in [5.74, 6) is -7.17. The summed E-state index contributed by atoms with van der Waals surface area (Å²) in [6.45, 7) is 2.83. The largest absolute Gasteiger partial charge is 0.494 e. The van der Waals surface area contributed by atoms with Crippen molar-refractivity contribution in [2.75, 3.05) is 143 Å². The van der Waals surface area contributed by atoms with Crippen molar-refractivity contribution in [2.24, 2.45) is 15.9 Å². The molecule has 31 heteroatoms. The van der Waals surface area contributed by atoms with E-state index in [0.717, 1.165) is 52.6 Å². The molecule has 4 heterocycles. The van der Waals surface area contributed by atoms with Crippen LogP contribution in [0.5, 0.6) is 5.75 Å². The summed E-state index contributed by atoms with van der Waals surface area (Å²) >= 11 is 3.54. The van der Waals surface area contributed by atoms with Crippen LogP contribution in [0.25, 0.3) is 10.9 Å². The van der Waals surface area contributed by atoms with Gasteiger partial charge in [-0.05, 0) is 135 Å². The summed E-state index contributed by atoms with van der Waals surface area (Å²) in [5.41, 5.74) is 1.93. The summed E-state index contributed by atoms with van der Waals surface area (Å²) in [6.07, 6.45) is 8.04. The maximum Gasteiger partial charge on any atom is 0.317 e. The molecule has 3 aliphatic rings. The second-order valence-corrected chi connectivity index (χ2v) is 27.1. The number of halogens is 3. The number of unbranched alkanes of at least 4 members (excludes halogenated alkanes) is 2. The lowest BCUT2D eigenvalue weighted by molar-refractivity contribution is -0.140. The molecule has 3 aliphatic heterocycles. The third-order valence-electron chi connectivity index (χ3n) is 17.0. The Bertz CT molecular complexity index is 3140. The Morgan fingerprint density at radius 1 is 0.784 bits per heavy atom. The van der Waals surface area contributed by atoms with Gasteiger partial charge < -0.3 is 56.2 Å². The van der Waals surface area contributed by atoms with Gasteiger partial charge in [0.1, 0.15) is 17.9 Å². The number of likely N-dealkylation sites (tertiary alicyclic amines) is 2. The number of nitrogens with zero attached hydrogens (tertiary/aromatic N) is 9. The van der Waals surface area contributed by atoms with Crippen molar-refractivity contribution in [3.05, 3.63) is 69.4 Å². The SMILES string of the molecule is CN=C[C@H]1CC(F)(F)CN1C(=O)CNC(=O)c1ccnc2ccc(OCCCCC3CCN(C(=O)[C@H](O)CSCCNC(=O)[C@H](CCCCN=C(C)NC(=O)CCCc4ccc(I)cc4)NC(=O)CN4CCN(CC(=O)O)CCN(CC(=O)O)CCN(CC(=O)O)CC4)CC3)cc12. The molecule has 0 radical (unpaired) electrons. The molecule has 27 nitrogen and oxygen atoms in total. The molecule has 6 amide bonds. The minimum Gasteiger partial charge on any atom is -0.494 e. The Labute approximate surface area is 582 Å². The van der Waals surface area contributed by atoms with E-state index in [1.165, 1.54) is 37.3 Å². The second kappa shape index (κ2) is 41.4. The molecule has 0 aliphatic carbocycles. The fourth-order valence-corrected chi connectivity index (χ4v) is 13.0. The number of pyridine rings is 1. The van der Waals surface area contributed by atoms with Gasteiger partial charge in [-0.25, -0.2) is 8.78 Å². The number of aliphatic imine (C=N–C) groups is 2. The van der Waals surface area contributed by atoms with Crippen molar-refractivity contribution in [1.82, 2.24) is 55.7 Å². The van der Waals surface area contributed by atoms with Gasteiger partial charge in [0.05, 0.1) is 68.8 Å². The number of fused-ring (bicyclic) bond motifs is 1. The minimum atomic E-state index is -3.05. The third kappa shape index (κ3) is 29.1. The molecular weight excluding hydrogens is 1400 g/mol. The highest BCUT2D eigenvalue weighted by atomic mass is 127. The molecule has 6 rings (SSSR count). The highest BCUT2D eigenvalue weighted by Crippen LogP contribution is 2.32. The van der Waals surface area contributed by atoms with E-state index in [0.29, 0.717) is 86.1 Å². The van der Waals surface area contributed by atoms with E-state index in [2.05, 4.69) is 58.8 Å². The second-order valence-electron chi connectivity index (χ2n) is 24.7. The number of hydrogen-bond donors (Lipinski definition) is 8. The summed E-state index contributed by atoms with van der Waals surface area (Å²) in [6, 6.07) is 13.0. The first-order chi connectivity index (χ1) is 46.4. The average Bonchev–Trinajstić information content (AvgIpc) is 1.79. The van der Waals surface area contributed by atoms with Crippen LogP contribution in [0.4, 0.5) is 8.78 Å². The van der Waals surface area contributed by atoms with Crippen LogP contribution < -0.4 is 26.0 Å². The number of aliphatic hydroxyl groups is 1. The van der Waals surface area contributed by atoms with Crippen LogP contribution in [0.1, 0.15) is 93.5 Å². The third-order valence-corrected chi connectivity index (χ3v) is 18.8. The number of ether oxygens (including phenoxy) is 1. The van der Waals surface area contributed by atoms with Crippen molar-refractivity contribution in [1.29, 1.82) is 0 Å². The molecule has 534 valence electrons. The van der Waals surface area contributed by atoms with Crippen molar-refractivity contribution >= 4 is 111 Å². The summed E-state index contributed by atoms with van der Waals surface area (Å²) in [4.78, 5) is 138. The lowest BCUT2D eigenvalue weighted by atomic mass is 9.91. The normalized spacial score (nSPS) is 18.0. The number of amidine groups is 1. The van der Waals surface area contributed by atoms with Crippen LogP contribution in [0.2, 0.25) is 0 Å². The monoisotopic (exact) mass is 1490 g/mol. The molecule has 3 fully saturated rings. The van der Waals surface area contributed by atoms with E-state index in [1.807, 2.05) is 24.3 Å². The van der Waals surface area contributed by atoms with Gasteiger partial charge in [0.25, 0.3) is 17.7 Å². The highest BCUT2D eigenvalue weighted by Gasteiger charge is 2.46. The molecular formula is C66H94F2IN13O14S. The number of aryl methyl sites for hydroxylation is 1. The number of nitrogens with one attached hydrogen (secondary N) is 4. The Morgan fingerprint density at radius 2 is 1.41 bits per heavy atom. The smallest absolute Gasteiger partial charge is 0.317 e. The number of carbonyl (C=O) groups is 9. The van der Waals surface area contributed by atoms with E-state index >= 15 is 0 Å². The van der Waals surface area contributed by atoms with Crippen LogP contribution >= 0.6 is 34.4 Å². The molecule has 0 saturated carbocycles. The number of carbonyl (C=O) groups excluding carboxylic acids is 6. The summed E-state index contributed by atoms with van der Waals surface area (Å²) in [5, 5.41) is 51.6. The highest BCUT2D eigenvalue weighted by molar-refractivity contribution is 14.1. The number of amides is 6. The topological polar surface area (TPSA) is 349 Å². The number of aliphatic carboxylic acids is 3. The predicted molar refractivity (Wildman–Crippen MR) is 371 cm³/mol. The number of piperidine rings is 1. The molecule has 8 N–H and O–H groups in total. The average molecular weight is 1490 g/mol. The van der Waals surface area contributed by atoms with Crippen molar-refractivity contribution in [3.8, 4) is 5.75 Å². The van der Waals surface area contributed by atoms with Gasteiger partial charge in [-0.3, -0.25) is 77.7 Å². The van der Waals surface area contributed by atoms with Crippen molar-refractivity contribution in [3.63, 3.8) is 0 Å². The van der Waals surface area contributed by atoms with Gasteiger partial charge in [-0.2, -0.15) is 11.8 Å². The molecule has 0 bridgehead atoms. The quantitative estimate of drug-likeness (QED) is 0.0181. The fraction of sp³-hybridized carbons (Fsp3) is 0.606. The number of carboxylic acid groups (broad SMARTS) is 3. The standard InChI is InChI=1S/C66H94F2IN13O14S/c1-46(75-57(84)11-7-9-47-12-14-49(69)15-13-47)71-21-5-3-10-55(76-58(85)40-77-26-28-78(41-60(87)88)30-32-80(43-62(91)92)33-31-79(29-27-77)42-61(89)90)64(94)73-23-35-97-44-56(83)65(95)81-24-19-48(20-25-81)8-4-6-34-96-51-16-17-54-53(36-51)52(18-22-72-54)63(93)74-39-59(86)82-45-66(67,68)37-50(82)38-70-2/h12-18,22,36,38,48,50,55-56,83H,3-11,19-21,23-35,37,39-45H2,1-2H3,(H,73,94)(H,74,93)(H,76,85)(H,87,88)(H,89,90)(H,91,92)(H,71,75,84)/t50-,55+,56-/m1/s1. The molecule has 0 unspecified atom stereocenters. The van der Waals surface area contributed by atoms with Crippen LogP contribution in [0.15, 0.2) is 64.7 Å². The van der Waals surface area contributed by atoms with Crippen LogP contribution in [-0.4, -0.2) is 287 Å². The number of carboxylic acids is 3. The van der Waals surface area contributed by atoms with E-state index in [1.54, 1.807) is 49.6 Å². The molecule has 97 heavy (non-hydrogen) atoms. The first-order valence-corrected chi connectivity index (χ1v) is 35.3. The van der Waals surface area contributed by atoms with E-state index in [-0.39, 0.29) is 115 Å². The zero-order valence-corrected chi connectivity index (χ0v) is 58.3. The van der Waals surface area contributed by atoms with Gasteiger partial charge in [-0.1, -0.05) is 18.6 Å². The number of benzene rings is 2. The zero-order valence-electron chi connectivity index (χ0n) is 55.4. The predicted octanol–water partition coefficient (Wildman–Crippen LogP) is 3.19. The van der Waals surface area contributed by atoms with Gasteiger partial charge >= 0.3 is 17.9 Å². The number of thioether (sulfide) groups is 1. The van der Waals surface area contributed by atoms with E-state index in [4.69, 9.17) is 4.74 Å². The Balaban J connectivity index is 0.933. The van der Waals surface area contributed by atoms with Crippen LogP contribution in [0, 0.1) is 9.49 Å². The van der Waals surface area contributed by atoms with Crippen molar-refractivity contribution < 1.29 is 77.1 Å². The molecule has 3 atom stereocenters. The van der Waals surface area contributed by atoms with Crippen LogP contribution in [0.3, 0.4) is 0 Å². The molecule has 0 spiro atoms. The summed E-state index contributed by atoms with van der Waals surface area (Å²) < 4.78 is 35.5. The van der Waals surface area contributed by atoms with Gasteiger partial charge in [-0.15, -0.1) is 0 Å². The molecule has 3 saturated heterocycles. The van der Waals surface area contributed by atoms with Gasteiger partial charge in [0, 0.05) is 131 Å². The number of rotatable bonds is 35. The number of hydrogen-bond acceptors (Lipinski definition) is 19. The zero-order chi connectivity index (χ0) is 70.3.